The molecule has 0 radical (unpaired) electrons. The highest BCUT2D eigenvalue weighted by molar-refractivity contribution is 6.31. The van der Waals surface area contributed by atoms with E-state index in [1.165, 1.54) is 15.7 Å². The molecular formula is C23H29ClN6O3. The first-order chi connectivity index (χ1) is 15.9. The van der Waals surface area contributed by atoms with E-state index < -0.39 is 17.2 Å². The van der Waals surface area contributed by atoms with Crippen molar-refractivity contribution in [3.63, 3.8) is 0 Å². The summed E-state index contributed by atoms with van der Waals surface area (Å²) in [5.41, 5.74) is 6.16. The van der Waals surface area contributed by atoms with Gasteiger partial charge in [-0.15, -0.1) is 0 Å². The topological polar surface area (TPSA) is 119 Å². The van der Waals surface area contributed by atoms with Crippen molar-refractivity contribution in [2.24, 2.45) is 0 Å². The summed E-state index contributed by atoms with van der Waals surface area (Å²) in [5, 5.41) is 4.90. The number of unbranched alkanes of at least 4 members (excludes halogenated alkanes) is 2. The van der Waals surface area contributed by atoms with Crippen LogP contribution in [0.15, 0.2) is 46.2 Å². The van der Waals surface area contributed by atoms with Crippen molar-refractivity contribution >= 4 is 29.0 Å². The molecule has 0 atom stereocenters. The van der Waals surface area contributed by atoms with Crippen molar-refractivity contribution in [3.8, 4) is 0 Å². The molecule has 33 heavy (non-hydrogen) atoms. The molecule has 0 spiro atoms. The number of nitrogen functional groups attached to an aromatic ring is 1. The highest BCUT2D eigenvalue weighted by Crippen LogP contribution is 2.21. The Morgan fingerprint density at radius 2 is 1.91 bits per heavy atom. The molecule has 0 bridgehead atoms. The Morgan fingerprint density at radius 1 is 1.18 bits per heavy atom. The molecule has 0 aliphatic heterocycles. The van der Waals surface area contributed by atoms with Gasteiger partial charge in [0.15, 0.2) is 5.69 Å². The summed E-state index contributed by atoms with van der Waals surface area (Å²) in [6, 6.07) is 7.41. The third kappa shape index (κ3) is 5.54. The van der Waals surface area contributed by atoms with Crippen LogP contribution in [0.25, 0.3) is 0 Å². The van der Waals surface area contributed by atoms with Gasteiger partial charge in [0.25, 0.3) is 11.5 Å². The second-order valence-electron chi connectivity index (χ2n) is 7.83. The van der Waals surface area contributed by atoms with Crippen LogP contribution >= 0.6 is 11.6 Å². The van der Waals surface area contributed by atoms with Crippen LogP contribution in [0.5, 0.6) is 0 Å². The van der Waals surface area contributed by atoms with Gasteiger partial charge in [-0.3, -0.25) is 23.8 Å². The molecule has 2 aromatic heterocycles. The third-order valence-corrected chi connectivity index (χ3v) is 5.74. The van der Waals surface area contributed by atoms with Crippen molar-refractivity contribution in [3.05, 3.63) is 73.6 Å². The number of aromatic amines is 1. The molecule has 0 aliphatic carbocycles. The Bertz CT molecular complexity index is 1230. The molecule has 0 unspecified atom stereocenters. The van der Waals surface area contributed by atoms with Gasteiger partial charge in [0, 0.05) is 24.3 Å². The first kappa shape index (κ1) is 24.3. The Hall–Kier alpha value is -3.33. The fourth-order valence-electron chi connectivity index (χ4n) is 3.53. The number of hydrogen-bond donors (Lipinski definition) is 2. The normalized spacial score (nSPS) is 11.0. The minimum Gasteiger partial charge on any atom is -0.383 e. The minimum atomic E-state index is -0.682. The van der Waals surface area contributed by atoms with Crippen LogP contribution in [-0.4, -0.2) is 31.8 Å². The summed E-state index contributed by atoms with van der Waals surface area (Å²) in [6.45, 7) is 5.01. The molecule has 176 valence electrons. The number of rotatable bonds is 10. The maximum atomic E-state index is 13.4. The van der Waals surface area contributed by atoms with Crippen molar-refractivity contribution < 1.29 is 4.79 Å². The monoisotopic (exact) mass is 472 g/mol. The summed E-state index contributed by atoms with van der Waals surface area (Å²) in [6.07, 6.45) is 6.10. The second-order valence-corrected chi connectivity index (χ2v) is 8.23. The number of benzene rings is 1. The van der Waals surface area contributed by atoms with Crippen LogP contribution in [0.3, 0.4) is 0 Å². The molecule has 2 heterocycles. The summed E-state index contributed by atoms with van der Waals surface area (Å²) in [5.74, 6) is -0.420. The van der Waals surface area contributed by atoms with Gasteiger partial charge in [-0.2, -0.15) is 5.10 Å². The summed E-state index contributed by atoms with van der Waals surface area (Å²) in [4.78, 5) is 42.1. The molecular weight excluding hydrogens is 444 g/mol. The molecule has 3 N–H and O–H groups in total. The highest BCUT2D eigenvalue weighted by Gasteiger charge is 2.26. The van der Waals surface area contributed by atoms with Gasteiger partial charge in [0.05, 0.1) is 18.3 Å². The Labute approximate surface area is 196 Å². The number of aromatic nitrogens is 4. The van der Waals surface area contributed by atoms with Gasteiger partial charge in [-0.05, 0) is 24.5 Å². The van der Waals surface area contributed by atoms with E-state index in [4.69, 9.17) is 17.3 Å². The van der Waals surface area contributed by atoms with Crippen molar-refractivity contribution in [2.75, 3.05) is 17.2 Å². The van der Waals surface area contributed by atoms with Crippen molar-refractivity contribution in [1.29, 1.82) is 0 Å². The minimum absolute atomic E-state index is 0.00916. The number of anilines is 2. The molecule has 3 aromatic rings. The number of carbonyl (C=O) groups excluding carboxylic acids is 1. The van der Waals surface area contributed by atoms with E-state index in [0.29, 0.717) is 36.5 Å². The van der Waals surface area contributed by atoms with E-state index in [-0.39, 0.29) is 18.1 Å². The highest BCUT2D eigenvalue weighted by atomic mass is 35.5. The van der Waals surface area contributed by atoms with Crippen LogP contribution in [-0.2, 0) is 13.1 Å². The number of carbonyl (C=O) groups is 1. The molecule has 0 saturated heterocycles. The van der Waals surface area contributed by atoms with Crippen molar-refractivity contribution in [2.45, 2.75) is 52.6 Å². The predicted octanol–water partition coefficient (Wildman–Crippen LogP) is 3.26. The van der Waals surface area contributed by atoms with Gasteiger partial charge >= 0.3 is 5.69 Å². The largest absolute Gasteiger partial charge is 0.383 e. The number of nitrogens with zero attached hydrogens (tertiary/aromatic N) is 4. The molecule has 9 nitrogen and oxygen atoms in total. The zero-order valence-corrected chi connectivity index (χ0v) is 19.6. The van der Waals surface area contributed by atoms with Crippen LogP contribution in [0.4, 0.5) is 11.5 Å². The SMILES string of the molecule is CCCCN(C(=O)c1cnn(Cc2ccccc2Cl)c1)c1c(N)n(CCCC)c(=O)[nH]c1=O. The van der Waals surface area contributed by atoms with Gasteiger partial charge in [-0.1, -0.05) is 56.5 Å². The van der Waals surface area contributed by atoms with Crippen LogP contribution in [0.2, 0.25) is 5.02 Å². The Balaban J connectivity index is 1.97. The molecule has 1 aromatic carbocycles. The van der Waals surface area contributed by atoms with E-state index in [1.54, 1.807) is 16.9 Å². The molecule has 10 heteroatoms. The summed E-state index contributed by atoms with van der Waals surface area (Å²) in [7, 11) is 0. The summed E-state index contributed by atoms with van der Waals surface area (Å²) >= 11 is 6.23. The van der Waals surface area contributed by atoms with E-state index in [9.17, 15) is 14.4 Å². The summed E-state index contributed by atoms with van der Waals surface area (Å²) < 4.78 is 2.93. The first-order valence-corrected chi connectivity index (χ1v) is 11.4. The van der Waals surface area contributed by atoms with Gasteiger partial charge in [0.2, 0.25) is 0 Å². The van der Waals surface area contributed by atoms with Gasteiger partial charge < -0.3 is 10.6 Å². The van der Waals surface area contributed by atoms with Crippen LogP contribution in [0.1, 0.15) is 55.5 Å². The van der Waals surface area contributed by atoms with Crippen LogP contribution < -0.4 is 21.9 Å². The first-order valence-electron chi connectivity index (χ1n) is 11.1. The number of H-pyrrole nitrogens is 1. The maximum Gasteiger partial charge on any atom is 0.330 e. The number of amides is 1. The number of nitrogens with two attached hydrogens (primary N) is 1. The standard InChI is InChI=1S/C23H29ClN6O3/c1-3-5-11-29(19-20(25)30(12-6-4-2)23(33)27-21(19)31)22(32)17-13-26-28(15-17)14-16-9-7-8-10-18(16)24/h7-10,13,15H,3-6,11-12,14,25H2,1-2H3,(H,27,31,33). The smallest absolute Gasteiger partial charge is 0.330 e. The van der Waals surface area contributed by atoms with Gasteiger partial charge in [0.1, 0.15) is 5.82 Å². The molecule has 1 amide bonds. The maximum absolute atomic E-state index is 13.4. The van der Waals surface area contributed by atoms with Crippen LogP contribution in [0, 0.1) is 0 Å². The zero-order valence-electron chi connectivity index (χ0n) is 18.9. The second kappa shape index (κ2) is 11.0. The van der Waals surface area contributed by atoms with E-state index >= 15 is 0 Å². The molecule has 3 rings (SSSR count). The van der Waals surface area contributed by atoms with E-state index in [0.717, 1.165) is 18.4 Å². The Morgan fingerprint density at radius 3 is 2.61 bits per heavy atom. The average molecular weight is 473 g/mol. The zero-order chi connectivity index (χ0) is 24.0. The predicted molar refractivity (Wildman–Crippen MR) is 130 cm³/mol. The number of hydrogen-bond acceptors (Lipinski definition) is 5. The lowest BCUT2D eigenvalue weighted by molar-refractivity contribution is 0.0986. The molecule has 0 fully saturated rings. The van der Waals surface area contributed by atoms with Crippen molar-refractivity contribution in [1.82, 2.24) is 19.3 Å². The number of nitrogens with one attached hydrogen (secondary N) is 1. The lowest BCUT2D eigenvalue weighted by Gasteiger charge is -2.24. The average Bonchev–Trinajstić information content (AvgIpc) is 3.25. The van der Waals surface area contributed by atoms with Gasteiger partial charge in [-0.25, -0.2) is 4.79 Å². The fourth-order valence-corrected chi connectivity index (χ4v) is 3.72. The molecule has 0 saturated carbocycles. The number of halogens is 1. The quantitative estimate of drug-likeness (QED) is 0.469. The lowest BCUT2D eigenvalue weighted by atomic mass is 10.2. The lowest BCUT2D eigenvalue weighted by Crippen LogP contribution is -2.41. The van der Waals surface area contributed by atoms with E-state index in [1.807, 2.05) is 32.0 Å². The third-order valence-electron chi connectivity index (χ3n) is 5.37. The Kier molecular flexibility index (Phi) is 8.11. The molecule has 0 aliphatic rings. The van der Waals surface area contributed by atoms with E-state index in [2.05, 4.69) is 10.1 Å². The fraction of sp³-hybridized carbons (Fsp3) is 0.391.